The normalized spacial score (nSPS) is 30.3. The van der Waals surface area contributed by atoms with Gasteiger partial charge in [0, 0.05) is 42.0 Å². The summed E-state index contributed by atoms with van der Waals surface area (Å²) in [6, 6.07) is 3.75. The van der Waals surface area contributed by atoms with Gasteiger partial charge in [0.05, 0.1) is 42.1 Å². The molecule has 11 nitrogen and oxygen atoms in total. The largest absolute Gasteiger partial charge is 0.507 e. The van der Waals surface area contributed by atoms with Crippen LogP contribution < -0.4 is 10.5 Å². The molecule has 6 atom stereocenters. The molecule has 0 radical (unpaired) electrons. The number of hydrogen-bond acceptors (Lipinski definition) is 11. The quantitative estimate of drug-likeness (QED) is 0.305. The Morgan fingerprint density at radius 3 is 2.45 bits per heavy atom. The highest BCUT2D eigenvalue weighted by Gasteiger charge is 2.49. The van der Waals surface area contributed by atoms with Crippen molar-refractivity contribution in [1.29, 1.82) is 0 Å². The van der Waals surface area contributed by atoms with E-state index >= 15 is 0 Å². The fourth-order valence-electron chi connectivity index (χ4n) is 5.66. The third-order valence-corrected chi connectivity index (χ3v) is 7.80. The lowest BCUT2D eigenvalue weighted by molar-refractivity contribution is -0.247. The van der Waals surface area contributed by atoms with Crippen LogP contribution in [0.15, 0.2) is 18.2 Å². The summed E-state index contributed by atoms with van der Waals surface area (Å²) in [5.41, 5.74) is 2.97. The SMILES string of the molecule is COc1cccc2c1C(=O)c1c(O)c3c(c(O)c1C2=O)C[C@@](O)(C(C)=O)C[C@@H]3O[C@@H]1C[C@@H](N)[C@H](O)[C@@H](C)O1. The molecule has 6 N–H and O–H groups in total. The molecule has 1 aliphatic heterocycles. The zero-order chi connectivity index (χ0) is 27.7. The molecule has 2 aromatic rings. The third kappa shape index (κ3) is 3.81. The number of hydrogen-bond donors (Lipinski definition) is 5. The van der Waals surface area contributed by atoms with Gasteiger partial charge >= 0.3 is 0 Å². The number of phenolic OH excluding ortho intramolecular Hbond substituents is 2. The summed E-state index contributed by atoms with van der Waals surface area (Å²) < 4.78 is 17.1. The lowest BCUT2D eigenvalue weighted by Crippen LogP contribution is -2.52. The Bertz CT molecular complexity index is 1360. The molecule has 1 fully saturated rings. The van der Waals surface area contributed by atoms with Gasteiger partial charge in [-0.15, -0.1) is 0 Å². The summed E-state index contributed by atoms with van der Waals surface area (Å²) in [6.45, 7) is 2.79. The molecule has 0 bridgehead atoms. The minimum atomic E-state index is -2.00. The van der Waals surface area contributed by atoms with Crippen molar-refractivity contribution in [2.45, 2.75) is 69.4 Å². The topological polar surface area (TPSA) is 186 Å². The Kier molecular flexibility index (Phi) is 6.32. The Labute approximate surface area is 217 Å². The van der Waals surface area contributed by atoms with Crippen molar-refractivity contribution >= 4 is 17.3 Å². The Hall–Kier alpha value is -3.35. The number of ether oxygens (including phenoxy) is 3. The molecule has 38 heavy (non-hydrogen) atoms. The van der Waals surface area contributed by atoms with Gasteiger partial charge < -0.3 is 40.4 Å². The number of carbonyl (C=O) groups excluding carboxylic acids is 3. The van der Waals surface area contributed by atoms with E-state index in [2.05, 4.69) is 0 Å². The number of aliphatic hydroxyl groups excluding tert-OH is 1. The van der Waals surface area contributed by atoms with Crippen LogP contribution in [-0.4, -0.2) is 75.0 Å². The molecule has 0 spiro atoms. The first-order chi connectivity index (χ1) is 17.9. The first kappa shape index (κ1) is 26.3. The molecule has 0 saturated carbocycles. The number of aliphatic hydroxyl groups is 2. The fourth-order valence-corrected chi connectivity index (χ4v) is 5.66. The van der Waals surface area contributed by atoms with E-state index < -0.39 is 82.6 Å². The molecule has 202 valence electrons. The number of methoxy groups -OCH3 is 1. The zero-order valence-corrected chi connectivity index (χ0v) is 21.1. The summed E-state index contributed by atoms with van der Waals surface area (Å²) >= 11 is 0. The van der Waals surface area contributed by atoms with Crippen molar-refractivity contribution in [1.82, 2.24) is 0 Å². The van der Waals surface area contributed by atoms with Crippen molar-refractivity contribution in [3.63, 3.8) is 0 Å². The van der Waals surface area contributed by atoms with Crippen molar-refractivity contribution in [3.05, 3.63) is 51.6 Å². The van der Waals surface area contributed by atoms with Crippen LogP contribution in [0.25, 0.3) is 0 Å². The number of carbonyl (C=O) groups is 3. The number of aromatic hydroxyl groups is 2. The molecule has 2 aliphatic carbocycles. The number of Topliss-reactive ketones (excluding diaryl/α,β-unsaturated/α-hetero) is 1. The molecular weight excluding hydrogens is 498 g/mol. The maximum absolute atomic E-state index is 13.6. The van der Waals surface area contributed by atoms with Crippen LogP contribution in [0.4, 0.5) is 0 Å². The zero-order valence-electron chi connectivity index (χ0n) is 21.1. The molecule has 1 saturated heterocycles. The second-order valence-corrected chi connectivity index (χ2v) is 10.1. The van der Waals surface area contributed by atoms with Gasteiger partial charge in [-0.25, -0.2) is 0 Å². The van der Waals surface area contributed by atoms with Crippen LogP contribution in [0.2, 0.25) is 0 Å². The van der Waals surface area contributed by atoms with Crippen LogP contribution in [0, 0.1) is 0 Å². The Morgan fingerprint density at radius 2 is 1.82 bits per heavy atom. The van der Waals surface area contributed by atoms with Gasteiger partial charge in [-0.1, -0.05) is 12.1 Å². The predicted molar refractivity (Wildman–Crippen MR) is 130 cm³/mol. The van der Waals surface area contributed by atoms with Gasteiger partial charge in [-0.05, 0) is 19.9 Å². The number of phenols is 2. The lowest BCUT2D eigenvalue weighted by atomic mass is 9.72. The maximum Gasteiger partial charge on any atom is 0.202 e. The van der Waals surface area contributed by atoms with E-state index in [1.807, 2.05) is 0 Å². The second kappa shape index (κ2) is 9.14. The average Bonchev–Trinajstić information content (AvgIpc) is 2.87. The van der Waals surface area contributed by atoms with E-state index in [4.69, 9.17) is 19.9 Å². The number of ketones is 3. The molecule has 0 aromatic heterocycles. The number of rotatable bonds is 4. The van der Waals surface area contributed by atoms with E-state index in [1.54, 1.807) is 6.92 Å². The Balaban J connectivity index is 1.68. The summed E-state index contributed by atoms with van der Waals surface area (Å²) in [4.78, 5) is 39.6. The van der Waals surface area contributed by atoms with Crippen LogP contribution in [0.3, 0.4) is 0 Å². The van der Waals surface area contributed by atoms with Crippen molar-refractivity contribution in [3.8, 4) is 17.2 Å². The van der Waals surface area contributed by atoms with E-state index in [1.165, 1.54) is 32.2 Å². The van der Waals surface area contributed by atoms with Crippen molar-refractivity contribution in [2.24, 2.45) is 5.73 Å². The number of nitrogens with two attached hydrogens (primary N) is 1. The van der Waals surface area contributed by atoms with Gasteiger partial charge in [0.15, 0.2) is 17.9 Å². The maximum atomic E-state index is 13.6. The van der Waals surface area contributed by atoms with Crippen LogP contribution >= 0.6 is 0 Å². The highest BCUT2D eigenvalue weighted by atomic mass is 16.7. The lowest BCUT2D eigenvalue weighted by Gasteiger charge is -2.42. The summed E-state index contributed by atoms with van der Waals surface area (Å²) in [7, 11) is 1.34. The molecule has 11 heteroatoms. The summed E-state index contributed by atoms with van der Waals surface area (Å²) in [5.74, 6) is -3.18. The molecule has 5 rings (SSSR count). The predicted octanol–water partition coefficient (Wildman–Crippen LogP) is 1.03. The molecule has 2 aromatic carbocycles. The van der Waals surface area contributed by atoms with Crippen LogP contribution in [0.5, 0.6) is 17.2 Å². The first-order valence-corrected chi connectivity index (χ1v) is 12.2. The van der Waals surface area contributed by atoms with Crippen LogP contribution in [0.1, 0.15) is 75.8 Å². The van der Waals surface area contributed by atoms with Gasteiger partial charge in [0.1, 0.15) is 22.8 Å². The fraction of sp³-hybridized carbons (Fsp3) is 0.444. The number of benzene rings is 2. The summed E-state index contributed by atoms with van der Waals surface area (Å²) in [5, 5.41) is 44.1. The standard InChI is InChI=1S/C27H29NO10/c1-10-22(30)14(28)7-17(37-10)38-16-9-27(35,11(2)29)8-13-19(16)26(34)21-20(24(13)32)23(31)12-5-4-6-15(36-3)18(12)25(21)33/h4-6,10,14,16-17,22,30,32,34-35H,7-9,28H2,1-3H3/t10-,14-,16+,17-,22-,27+/m1/s1. The highest BCUT2D eigenvalue weighted by Crippen LogP contribution is 2.52. The van der Waals surface area contributed by atoms with Gasteiger partial charge in [0.25, 0.3) is 0 Å². The van der Waals surface area contributed by atoms with Gasteiger partial charge in [-0.3, -0.25) is 14.4 Å². The molecule has 3 aliphatic rings. The smallest absolute Gasteiger partial charge is 0.202 e. The van der Waals surface area contributed by atoms with Gasteiger partial charge in [-0.2, -0.15) is 0 Å². The highest BCUT2D eigenvalue weighted by molar-refractivity contribution is 6.31. The van der Waals surface area contributed by atoms with E-state index in [0.29, 0.717) is 0 Å². The van der Waals surface area contributed by atoms with E-state index in [9.17, 15) is 34.8 Å². The van der Waals surface area contributed by atoms with E-state index in [0.717, 1.165) is 0 Å². The molecule has 0 amide bonds. The van der Waals surface area contributed by atoms with Crippen molar-refractivity contribution < 1.29 is 49.0 Å². The minimum absolute atomic E-state index is 0.0147. The minimum Gasteiger partial charge on any atom is -0.507 e. The van der Waals surface area contributed by atoms with Crippen molar-refractivity contribution in [2.75, 3.05) is 7.11 Å². The van der Waals surface area contributed by atoms with Crippen LogP contribution in [-0.2, 0) is 20.7 Å². The van der Waals surface area contributed by atoms with Gasteiger partial charge in [0.2, 0.25) is 5.78 Å². The Morgan fingerprint density at radius 1 is 1.13 bits per heavy atom. The number of fused-ring (bicyclic) bond motifs is 3. The molecule has 1 heterocycles. The van der Waals surface area contributed by atoms with E-state index in [-0.39, 0.29) is 40.8 Å². The third-order valence-electron chi connectivity index (χ3n) is 7.80. The first-order valence-electron chi connectivity index (χ1n) is 12.2. The molecular formula is C27H29NO10. The molecule has 0 unspecified atom stereocenters. The monoisotopic (exact) mass is 527 g/mol. The average molecular weight is 528 g/mol. The summed E-state index contributed by atoms with van der Waals surface area (Å²) in [6.07, 6.45) is -4.53. The second-order valence-electron chi connectivity index (χ2n) is 10.1.